The van der Waals surface area contributed by atoms with Gasteiger partial charge < -0.3 is 27.6 Å². The first kappa shape index (κ1) is 42.5. The van der Waals surface area contributed by atoms with Gasteiger partial charge in [-0.25, -0.2) is 0 Å². The molecule has 0 aromatic heterocycles. The quantitative estimate of drug-likeness (QED) is 0.170. The fourth-order valence-electron chi connectivity index (χ4n) is 2.40. The van der Waals surface area contributed by atoms with Crippen LogP contribution in [0.4, 0.5) is 0 Å². The Balaban J connectivity index is 0. The normalized spacial score (nSPS) is 16.2. The Morgan fingerprint density at radius 1 is 0.550 bits per heavy atom. The van der Waals surface area contributed by atoms with E-state index in [-0.39, 0.29) is 32.9 Å². The maximum atomic E-state index is 11.3. The third-order valence-electron chi connectivity index (χ3n) is 9.73. The molecule has 0 rings (SSSR count). The molecule has 10 heteroatoms. The largest absolute Gasteiger partial charge is 0.414 e. The molecule has 0 saturated heterocycles. The summed E-state index contributed by atoms with van der Waals surface area (Å²) in [5.41, 5.74) is 0. The highest BCUT2D eigenvalue weighted by atomic mass is 28.4. The minimum Gasteiger partial charge on any atom is -0.414 e. The summed E-state index contributed by atoms with van der Waals surface area (Å²) in [7, 11) is -7.39. The van der Waals surface area contributed by atoms with Gasteiger partial charge in [-0.3, -0.25) is 0 Å². The first-order valence-corrected chi connectivity index (χ1v) is 26.6. The summed E-state index contributed by atoms with van der Waals surface area (Å²) in [6.45, 7) is 44.9. The van der Waals surface area contributed by atoms with Crippen molar-refractivity contribution in [1.29, 1.82) is 0 Å². The monoisotopic (exact) mass is 638 g/mol. The SMILES string of the molecule is CC(C)(C)[Si](C)(C)OC[C@H](C=O)O[Si](C)(C)C(C)(C)C.CC(C)(C)[Si](C)(C)OC[C@H](CO)O[Si](C)(C)C(C)(C)C. The van der Waals surface area contributed by atoms with Crippen LogP contribution in [0.15, 0.2) is 0 Å². The lowest BCUT2D eigenvalue weighted by Crippen LogP contribution is -2.48. The highest BCUT2D eigenvalue weighted by Crippen LogP contribution is 2.40. The molecule has 0 radical (unpaired) electrons. The summed E-state index contributed by atoms with van der Waals surface area (Å²) >= 11 is 0. The van der Waals surface area contributed by atoms with Crippen molar-refractivity contribution in [3.8, 4) is 0 Å². The lowest BCUT2D eigenvalue weighted by Gasteiger charge is -2.41. The minimum atomic E-state index is -1.93. The van der Waals surface area contributed by atoms with Crippen LogP contribution in [0.3, 0.4) is 0 Å². The minimum absolute atomic E-state index is 0.0289. The van der Waals surface area contributed by atoms with Gasteiger partial charge in [-0.15, -0.1) is 0 Å². The van der Waals surface area contributed by atoms with Gasteiger partial charge in [0, 0.05) is 0 Å². The molecule has 0 bridgehead atoms. The van der Waals surface area contributed by atoms with Crippen molar-refractivity contribution in [2.24, 2.45) is 0 Å². The Labute approximate surface area is 254 Å². The van der Waals surface area contributed by atoms with Crippen molar-refractivity contribution in [2.75, 3.05) is 19.8 Å². The smallest absolute Gasteiger partial charge is 0.193 e. The Bertz CT molecular complexity index is 754. The molecule has 0 heterocycles. The number of hydrogen-bond donors (Lipinski definition) is 1. The standard InChI is InChI=1S/C15H36O3Si2.C15H34O3Si2/c2*1-14(2,3)19(7,8)17-12-13(11-16)18-20(9,10)15(4,5)6/h13,16H,11-12H2,1-10H3;11,13H,12H2,1-10H3/t2*13-/m00/s1. The molecule has 0 fully saturated rings. The van der Waals surface area contributed by atoms with Gasteiger partial charge in [-0.1, -0.05) is 83.1 Å². The lowest BCUT2D eigenvalue weighted by molar-refractivity contribution is -0.115. The summed E-state index contributed by atoms with van der Waals surface area (Å²) < 4.78 is 24.7. The van der Waals surface area contributed by atoms with Crippen LogP contribution in [0.2, 0.25) is 72.5 Å². The van der Waals surface area contributed by atoms with Crippen LogP contribution in [0.5, 0.6) is 0 Å². The Morgan fingerprint density at radius 2 is 0.850 bits per heavy atom. The highest BCUT2D eigenvalue weighted by molar-refractivity contribution is 6.75. The zero-order chi connectivity index (χ0) is 32.8. The van der Waals surface area contributed by atoms with Gasteiger partial charge in [-0.2, -0.15) is 0 Å². The number of hydrogen-bond acceptors (Lipinski definition) is 6. The molecule has 0 unspecified atom stereocenters. The summed E-state index contributed by atoms with van der Waals surface area (Å²) in [5, 5.41) is 10.2. The number of carbonyl (C=O) groups excluding carboxylic acids is 1. The third kappa shape index (κ3) is 13.8. The molecule has 6 nitrogen and oxygen atoms in total. The molecule has 1 N–H and O–H groups in total. The van der Waals surface area contributed by atoms with Crippen LogP contribution in [-0.4, -0.2) is 76.7 Å². The highest BCUT2D eigenvalue weighted by Gasteiger charge is 2.42. The molecule has 0 saturated carbocycles. The topological polar surface area (TPSA) is 74.2 Å². The van der Waals surface area contributed by atoms with Crippen LogP contribution in [-0.2, 0) is 22.5 Å². The molecule has 0 aliphatic rings. The molecular weight excluding hydrogens is 569 g/mol. The van der Waals surface area contributed by atoms with E-state index in [0.717, 1.165) is 6.29 Å². The number of aldehydes is 1. The molecule has 0 aliphatic carbocycles. The van der Waals surface area contributed by atoms with Gasteiger partial charge >= 0.3 is 0 Å². The van der Waals surface area contributed by atoms with E-state index in [2.05, 4.69) is 135 Å². The predicted octanol–water partition coefficient (Wildman–Crippen LogP) is 8.99. The van der Waals surface area contributed by atoms with Crippen molar-refractivity contribution < 1.29 is 27.6 Å². The first-order valence-electron chi connectivity index (χ1n) is 15.0. The van der Waals surface area contributed by atoms with Crippen molar-refractivity contribution in [3.63, 3.8) is 0 Å². The summed E-state index contributed by atoms with van der Waals surface area (Å²) in [6.07, 6.45) is 0.253. The van der Waals surface area contributed by atoms with Gasteiger partial charge in [0.2, 0.25) is 0 Å². The Hall–Kier alpha value is 0.338. The van der Waals surface area contributed by atoms with E-state index in [0.29, 0.717) is 13.2 Å². The second-order valence-electron chi connectivity index (χ2n) is 17.4. The number of carbonyl (C=O) groups is 1. The second-order valence-corrected chi connectivity index (χ2v) is 36.5. The van der Waals surface area contributed by atoms with E-state index in [1.807, 2.05) is 0 Å². The third-order valence-corrected chi connectivity index (χ3v) is 27.8. The molecule has 0 spiro atoms. The Morgan fingerprint density at radius 3 is 1.12 bits per heavy atom. The number of aliphatic hydroxyl groups excluding tert-OH is 1. The van der Waals surface area contributed by atoms with Gasteiger partial charge in [0.15, 0.2) is 33.3 Å². The second kappa shape index (κ2) is 14.9. The molecule has 2 atom stereocenters. The molecular formula is C30H70O6Si4. The van der Waals surface area contributed by atoms with Crippen LogP contribution in [0.25, 0.3) is 0 Å². The van der Waals surface area contributed by atoms with Gasteiger partial charge in [0.1, 0.15) is 12.4 Å². The zero-order valence-corrected chi connectivity index (χ0v) is 34.3. The van der Waals surface area contributed by atoms with E-state index in [1.165, 1.54) is 0 Å². The number of rotatable bonds is 12. The number of aliphatic hydroxyl groups is 1. The van der Waals surface area contributed by atoms with E-state index >= 15 is 0 Å². The van der Waals surface area contributed by atoms with Gasteiger partial charge in [-0.05, 0) is 72.5 Å². The lowest BCUT2D eigenvalue weighted by atomic mass is 10.2. The maximum absolute atomic E-state index is 11.3. The van der Waals surface area contributed by atoms with Gasteiger partial charge in [0.25, 0.3) is 0 Å². The molecule has 0 aliphatic heterocycles. The summed E-state index contributed by atoms with van der Waals surface area (Å²) in [4.78, 5) is 11.3. The molecule has 242 valence electrons. The fraction of sp³-hybridized carbons (Fsp3) is 0.967. The van der Waals surface area contributed by atoms with Crippen LogP contribution >= 0.6 is 0 Å². The van der Waals surface area contributed by atoms with E-state index < -0.39 is 39.4 Å². The fourth-order valence-corrected chi connectivity index (χ4v) is 7.01. The molecule has 0 aromatic rings. The first-order chi connectivity index (χ1) is 17.3. The van der Waals surface area contributed by atoms with Crippen molar-refractivity contribution >= 4 is 39.6 Å². The summed E-state index contributed by atoms with van der Waals surface area (Å²) in [5.74, 6) is 0. The average Bonchev–Trinajstić information content (AvgIpc) is 2.71. The van der Waals surface area contributed by atoms with Crippen LogP contribution in [0, 0.1) is 0 Å². The van der Waals surface area contributed by atoms with E-state index in [4.69, 9.17) is 17.7 Å². The van der Waals surface area contributed by atoms with Gasteiger partial charge in [0.05, 0.1) is 25.9 Å². The van der Waals surface area contributed by atoms with Crippen molar-refractivity contribution in [2.45, 2.75) is 168 Å². The maximum Gasteiger partial charge on any atom is 0.193 e. The average molecular weight is 639 g/mol. The van der Waals surface area contributed by atoms with Crippen LogP contribution < -0.4 is 0 Å². The molecule has 0 amide bonds. The summed E-state index contributed by atoms with van der Waals surface area (Å²) in [6, 6.07) is 0. The Kier molecular flexibility index (Phi) is 15.8. The van der Waals surface area contributed by atoms with Crippen molar-refractivity contribution in [1.82, 2.24) is 0 Å². The van der Waals surface area contributed by atoms with Crippen molar-refractivity contribution in [3.05, 3.63) is 0 Å². The zero-order valence-electron chi connectivity index (χ0n) is 30.3. The van der Waals surface area contributed by atoms with E-state index in [1.54, 1.807) is 0 Å². The predicted molar refractivity (Wildman–Crippen MR) is 184 cm³/mol. The van der Waals surface area contributed by atoms with E-state index in [9.17, 15) is 9.90 Å². The van der Waals surface area contributed by atoms with Crippen LogP contribution in [0.1, 0.15) is 83.1 Å². The molecule has 0 aromatic carbocycles. The molecule has 40 heavy (non-hydrogen) atoms.